The lowest BCUT2D eigenvalue weighted by atomic mass is 9.75. The van der Waals surface area contributed by atoms with Crippen LogP contribution in [0.5, 0.6) is 0 Å². The molecule has 1 saturated carbocycles. The van der Waals surface area contributed by atoms with Gasteiger partial charge >= 0.3 is 6.09 Å². The van der Waals surface area contributed by atoms with Gasteiger partial charge in [-0.2, -0.15) is 0 Å². The van der Waals surface area contributed by atoms with E-state index in [0.29, 0.717) is 44.1 Å². The third kappa shape index (κ3) is 6.09. The average molecular weight is 383 g/mol. The summed E-state index contributed by atoms with van der Waals surface area (Å²) in [5.41, 5.74) is 0. The fourth-order valence-electron chi connectivity index (χ4n) is 4.21. The molecule has 0 spiro atoms. The number of ether oxygens (including phenoxy) is 2. The van der Waals surface area contributed by atoms with E-state index < -0.39 is 12.1 Å². The molecule has 0 radical (unpaired) electrons. The molecule has 0 unspecified atom stereocenters. The van der Waals surface area contributed by atoms with E-state index in [9.17, 15) is 9.59 Å². The van der Waals surface area contributed by atoms with Gasteiger partial charge in [-0.1, -0.05) is 47.5 Å². The van der Waals surface area contributed by atoms with Crippen LogP contribution in [-0.4, -0.2) is 55.3 Å². The molecule has 2 aliphatic rings. The van der Waals surface area contributed by atoms with Crippen LogP contribution in [0.4, 0.5) is 4.79 Å². The van der Waals surface area contributed by atoms with Gasteiger partial charge in [-0.3, -0.25) is 4.79 Å². The molecule has 0 aromatic heterocycles. The second-order valence-electron chi connectivity index (χ2n) is 8.72. The number of alkyl carbamates (subject to hydrolysis) is 1. The van der Waals surface area contributed by atoms with Crippen molar-refractivity contribution in [2.24, 2.45) is 23.7 Å². The SMILES string of the molecule is CC[C@H](C)[C@H](NC(=O)O[C@H]1C[C@@H](C)CC[C@@H]1C(C)C)C(=O)N1CCOCC1. The zero-order chi connectivity index (χ0) is 20.0. The van der Waals surface area contributed by atoms with Crippen molar-refractivity contribution < 1.29 is 19.1 Å². The number of hydrogen-bond acceptors (Lipinski definition) is 4. The predicted octanol–water partition coefficient (Wildman–Crippen LogP) is 3.45. The van der Waals surface area contributed by atoms with Crippen LogP contribution in [0.1, 0.15) is 60.3 Å². The highest BCUT2D eigenvalue weighted by molar-refractivity contribution is 5.86. The standard InChI is InChI=1S/C21H38N2O4/c1-6-16(5)19(20(24)23-9-11-26-12-10-23)22-21(25)27-18-13-15(4)7-8-17(18)14(2)3/h14-19H,6-13H2,1-5H3,(H,22,25)/t15-,16-,17+,18-,19-/m0/s1. The van der Waals surface area contributed by atoms with E-state index in [1.807, 2.05) is 13.8 Å². The molecule has 0 aromatic carbocycles. The molecule has 6 nitrogen and oxygen atoms in total. The van der Waals surface area contributed by atoms with Crippen LogP contribution in [-0.2, 0) is 14.3 Å². The highest BCUT2D eigenvalue weighted by atomic mass is 16.6. The Balaban J connectivity index is 2.00. The Morgan fingerprint density at radius 2 is 1.85 bits per heavy atom. The van der Waals surface area contributed by atoms with Crippen molar-refractivity contribution in [1.82, 2.24) is 10.2 Å². The monoisotopic (exact) mass is 382 g/mol. The smallest absolute Gasteiger partial charge is 0.408 e. The summed E-state index contributed by atoms with van der Waals surface area (Å²) in [7, 11) is 0. The molecule has 0 aromatic rings. The van der Waals surface area contributed by atoms with Gasteiger partial charge < -0.3 is 19.7 Å². The van der Waals surface area contributed by atoms with E-state index in [2.05, 4.69) is 26.1 Å². The van der Waals surface area contributed by atoms with Gasteiger partial charge in [0.15, 0.2) is 0 Å². The third-order valence-electron chi connectivity index (χ3n) is 6.29. The van der Waals surface area contributed by atoms with Gasteiger partial charge in [-0.15, -0.1) is 0 Å². The van der Waals surface area contributed by atoms with Crippen LogP contribution in [0, 0.1) is 23.7 Å². The van der Waals surface area contributed by atoms with Crippen molar-refractivity contribution in [3.05, 3.63) is 0 Å². The molecule has 6 heteroatoms. The van der Waals surface area contributed by atoms with Crippen molar-refractivity contribution in [2.75, 3.05) is 26.3 Å². The topological polar surface area (TPSA) is 67.9 Å². The Hall–Kier alpha value is -1.30. The lowest BCUT2D eigenvalue weighted by Gasteiger charge is -2.37. The summed E-state index contributed by atoms with van der Waals surface area (Å²) >= 11 is 0. The molecule has 0 bridgehead atoms. The zero-order valence-electron chi connectivity index (χ0n) is 17.7. The van der Waals surface area contributed by atoms with Gasteiger partial charge in [0.05, 0.1) is 13.2 Å². The van der Waals surface area contributed by atoms with Gasteiger partial charge in [0.1, 0.15) is 12.1 Å². The van der Waals surface area contributed by atoms with Gasteiger partial charge in [0.25, 0.3) is 0 Å². The maximum Gasteiger partial charge on any atom is 0.408 e. The Morgan fingerprint density at radius 1 is 1.19 bits per heavy atom. The Kier molecular flexibility index (Phi) is 8.39. The minimum Gasteiger partial charge on any atom is -0.446 e. The number of morpholine rings is 1. The number of amides is 2. The fraction of sp³-hybridized carbons (Fsp3) is 0.905. The Morgan fingerprint density at radius 3 is 2.44 bits per heavy atom. The van der Waals surface area contributed by atoms with Crippen LogP contribution in [0.3, 0.4) is 0 Å². The second kappa shape index (κ2) is 10.3. The van der Waals surface area contributed by atoms with Gasteiger partial charge in [-0.05, 0) is 36.5 Å². The number of nitrogens with one attached hydrogen (secondary N) is 1. The maximum atomic E-state index is 13.0. The average Bonchev–Trinajstić information content (AvgIpc) is 2.65. The largest absolute Gasteiger partial charge is 0.446 e. The van der Waals surface area contributed by atoms with Crippen LogP contribution >= 0.6 is 0 Å². The van der Waals surface area contributed by atoms with Crippen LogP contribution in [0.2, 0.25) is 0 Å². The number of hydrogen-bond donors (Lipinski definition) is 1. The highest BCUT2D eigenvalue weighted by Gasteiger charge is 2.36. The van der Waals surface area contributed by atoms with Crippen LogP contribution in [0.25, 0.3) is 0 Å². The van der Waals surface area contributed by atoms with Crippen molar-refractivity contribution in [3.8, 4) is 0 Å². The quantitative estimate of drug-likeness (QED) is 0.764. The molecule has 1 N–H and O–H groups in total. The van der Waals surface area contributed by atoms with E-state index in [4.69, 9.17) is 9.47 Å². The molecule has 1 saturated heterocycles. The first-order valence-electron chi connectivity index (χ1n) is 10.7. The summed E-state index contributed by atoms with van der Waals surface area (Å²) < 4.78 is 11.2. The molecule has 5 atom stereocenters. The van der Waals surface area contributed by atoms with E-state index >= 15 is 0 Å². The zero-order valence-corrected chi connectivity index (χ0v) is 17.7. The molecule has 2 rings (SSSR count). The molecular formula is C21H38N2O4. The molecule has 27 heavy (non-hydrogen) atoms. The lowest BCUT2D eigenvalue weighted by Crippen LogP contribution is -2.54. The van der Waals surface area contributed by atoms with Crippen molar-refractivity contribution in [3.63, 3.8) is 0 Å². The summed E-state index contributed by atoms with van der Waals surface area (Å²) in [5.74, 6) is 1.47. The summed E-state index contributed by atoms with van der Waals surface area (Å²) in [5, 5.41) is 2.89. The maximum absolute atomic E-state index is 13.0. The van der Waals surface area contributed by atoms with E-state index in [-0.39, 0.29) is 17.9 Å². The molecule has 1 heterocycles. The fourth-order valence-corrected chi connectivity index (χ4v) is 4.21. The summed E-state index contributed by atoms with van der Waals surface area (Å²) in [4.78, 5) is 27.4. The first kappa shape index (κ1) is 22.0. The summed E-state index contributed by atoms with van der Waals surface area (Å²) in [6.45, 7) is 12.9. The second-order valence-corrected chi connectivity index (χ2v) is 8.72. The van der Waals surface area contributed by atoms with Crippen LogP contribution in [0.15, 0.2) is 0 Å². The molecule has 1 aliphatic heterocycles. The normalized spacial score (nSPS) is 28.5. The minimum atomic E-state index is -0.542. The molecule has 2 amide bonds. The Bertz CT molecular complexity index is 491. The minimum absolute atomic E-state index is 0.0259. The van der Waals surface area contributed by atoms with E-state index in [1.54, 1.807) is 4.90 Å². The molecule has 156 valence electrons. The van der Waals surface area contributed by atoms with Gasteiger partial charge in [-0.25, -0.2) is 4.79 Å². The third-order valence-corrected chi connectivity index (χ3v) is 6.29. The molecular weight excluding hydrogens is 344 g/mol. The van der Waals surface area contributed by atoms with E-state index in [1.165, 1.54) is 6.42 Å². The number of nitrogens with zero attached hydrogens (tertiary/aromatic N) is 1. The lowest BCUT2D eigenvalue weighted by molar-refractivity contribution is -0.138. The van der Waals surface area contributed by atoms with Gasteiger partial charge in [0.2, 0.25) is 5.91 Å². The van der Waals surface area contributed by atoms with Crippen molar-refractivity contribution in [1.29, 1.82) is 0 Å². The molecule has 2 fully saturated rings. The number of rotatable bonds is 6. The van der Waals surface area contributed by atoms with Gasteiger partial charge in [0, 0.05) is 13.1 Å². The van der Waals surface area contributed by atoms with E-state index in [0.717, 1.165) is 19.3 Å². The first-order valence-corrected chi connectivity index (χ1v) is 10.7. The summed E-state index contributed by atoms with van der Waals surface area (Å²) in [6, 6.07) is -0.542. The Labute approximate surface area is 164 Å². The first-order chi connectivity index (χ1) is 12.8. The van der Waals surface area contributed by atoms with Crippen molar-refractivity contribution in [2.45, 2.75) is 72.4 Å². The summed E-state index contributed by atoms with van der Waals surface area (Å²) in [6.07, 6.45) is 3.49. The predicted molar refractivity (Wildman–Crippen MR) is 105 cm³/mol. The number of carbonyl (C=O) groups excluding carboxylic acids is 2. The highest BCUT2D eigenvalue weighted by Crippen LogP contribution is 2.35. The number of carbonyl (C=O) groups is 2. The van der Waals surface area contributed by atoms with Crippen molar-refractivity contribution >= 4 is 12.0 Å². The van der Waals surface area contributed by atoms with Crippen LogP contribution < -0.4 is 5.32 Å². The molecule has 1 aliphatic carbocycles.